The highest BCUT2D eigenvalue weighted by molar-refractivity contribution is 7.13. The molecular formula is C7H10N4OS. The molecule has 0 bridgehead atoms. The molecule has 0 saturated carbocycles. The third-order valence-corrected chi connectivity index (χ3v) is 1.95. The standard InChI is InChI=1S/C7H10N4OS/c1-2-3-5(8)6(12)10-7-11-9-4-13-7/h2,4-5H,1,3,8H2,(H,10,11,12). The van der Waals surface area contributed by atoms with Crippen LogP contribution >= 0.6 is 11.3 Å². The first kappa shape index (κ1) is 9.82. The van der Waals surface area contributed by atoms with E-state index in [9.17, 15) is 4.79 Å². The summed E-state index contributed by atoms with van der Waals surface area (Å²) in [7, 11) is 0. The number of hydrogen-bond donors (Lipinski definition) is 2. The van der Waals surface area contributed by atoms with Crippen molar-refractivity contribution in [2.45, 2.75) is 12.5 Å². The minimum atomic E-state index is -0.568. The molecule has 1 rings (SSSR count). The number of aromatic nitrogens is 2. The van der Waals surface area contributed by atoms with E-state index in [1.54, 1.807) is 6.08 Å². The molecule has 0 aliphatic rings. The maximum absolute atomic E-state index is 11.3. The topological polar surface area (TPSA) is 80.9 Å². The number of nitrogens with zero attached hydrogens (tertiary/aromatic N) is 2. The van der Waals surface area contributed by atoms with Gasteiger partial charge in [-0.1, -0.05) is 17.4 Å². The normalized spacial score (nSPS) is 12.1. The van der Waals surface area contributed by atoms with Crippen LogP contribution in [0.1, 0.15) is 6.42 Å². The molecule has 1 aromatic rings. The Bertz CT molecular complexity index is 285. The fourth-order valence-electron chi connectivity index (χ4n) is 0.712. The highest BCUT2D eigenvalue weighted by Gasteiger charge is 2.12. The number of carbonyl (C=O) groups excluding carboxylic acids is 1. The Labute approximate surface area is 79.7 Å². The predicted octanol–water partition coefficient (Wildman–Crippen LogP) is 0.380. The molecule has 1 atom stereocenters. The van der Waals surface area contributed by atoms with E-state index in [1.165, 1.54) is 16.8 Å². The Morgan fingerprint density at radius 2 is 2.69 bits per heavy atom. The first-order valence-corrected chi connectivity index (χ1v) is 4.55. The largest absolute Gasteiger partial charge is 0.320 e. The Kier molecular flexibility index (Phi) is 3.53. The van der Waals surface area contributed by atoms with Crippen LogP contribution in [0.3, 0.4) is 0 Å². The second-order valence-corrected chi connectivity index (χ2v) is 3.20. The number of rotatable bonds is 4. The smallest absolute Gasteiger partial charge is 0.243 e. The van der Waals surface area contributed by atoms with E-state index in [1.807, 2.05) is 0 Å². The van der Waals surface area contributed by atoms with Gasteiger partial charge in [-0.25, -0.2) is 0 Å². The van der Waals surface area contributed by atoms with Crippen LogP contribution in [0.25, 0.3) is 0 Å². The van der Waals surface area contributed by atoms with E-state index in [4.69, 9.17) is 5.73 Å². The Balaban J connectivity index is 2.45. The summed E-state index contributed by atoms with van der Waals surface area (Å²) in [5.41, 5.74) is 7.05. The van der Waals surface area contributed by atoms with E-state index in [0.717, 1.165) is 0 Å². The maximum Gasteiger partial charge on any atom is 0.243 e. The van der Waals surface area contributed by atoms with Gasteiger partial charge in [-0.05, 0) is 6.42 Å². The van der Waals surface area contributed by atoms with Crippen LogP contribution in [0.2, 0.25) is 0 Å². The zero-order valence-electron chi connectivity index (χ0n) is 6.93. The molecule has 0 fully saturated rings. The van der Waals surface area contributed by atoms with Crippen LogP contribution in [0.4, 0.5) is 5.13 Å². The molecule has 0 aliphatic carbocycles. The van der Waals surface area contributed by atoms with Gasteiger partial charge < -0.3 is 5.73 Å². The molecule has 0 saturated heterocycles. The second kappa shape index (κ2) is 4.68. The van der Waals surface area contributed by atoms with Gasteiger partial charge in [0.05, 0.1) is 6.04 Å². The average molecular weight is 198 g/mol. The molecular weight excluding hydrogens is 188 g/mol. The predicted molar refractivity (Wildman–Crippen MR) is 51.3 cm³/mol. The lowest BCUT2D eigenvalue weighted by molar-refractivity contribution is -0.117. The summed E-state index contributed by atoms with van der Waals surface area (Å²) < 4.78 is 0. The van der Waals surface area contributed by atoms with Crippen molar-refractivity contribution in [3.05, 3.63) is 18.2 Å². The van der Waals surface area contributed by atoms with Crippen LogP contribution < -0.4 is 11.1 Å². The molecule has 1 amide bonds. The minimum absolute atomic E-state index is 0.267. The molecule has 1 aromatic heterocycles. The second-order valence-electron chi connectivity index (χ2n) is 2.36. The Hall–Kier alpha value is -1.27. The molecule has 13 heavy (non-hydrogen) atoms. The number of hydrogen-bond acceptors (Lipinski definition) is 5. The van der Waals surface area contributed by atoms with Crippen LogP contribution in [0.5, 0.6) is 0 Å². The van der Waals surface area contributed by atoms with Gasteiger partial charge in [-0.2, -0.15) is 0 Å². The average Bonchev–Trinajstić information content (AvgIpc) is 2.57. The van der Waals surface area contributed by atoms with Gasteiger partial charge in [0.25, 0.3) is 0 Å². The summed E-state index contributed by atoms with van der Waals surface area (Å²) in [6.45, 7) is 3.49. The van der Waals surface area contributed by atoms with E-state index in [-0.39, 0.29) is 5.91 Å². The first-order valence-electron chi connectivity index (χ1n) is 3.67. The summed E-state index contributed by atoms with van der Waals surface area (Å²) in [6.07, 6.45) is 2.05. The third kappa shape index (κ3) is 2.92. The van der Waals surface area contributed by atoms with Crippen LogP contribution in [-0.4, -0.2) is 22.1 Å². The third-order valence-electron chi connectivity index (χ3n) is 1.35. The molecule has 1 unspecified atom stereocenters. The van der Waals surface area contributed by atoms with Crippen molar-refractivity contribution in [2.75, 3.05) is 5.32 Å². The molecule has 0 radical (unpaired) electrons. The zero-order valence-corrected chi connectivity index (χ0v) is 7.75. The zero-order chi connectivity index (χ0) is 9.68. The van der Waals surface area contributed by atoms with E-state index >= 15 is 0 Å². The lowest BCUT2D eigenvalue weighted by Crippen LogP contribution is -2.35. The van der Waals surface area contributed by atoms with Crippen LogP contribution in [-0.2, 0) is 4.79 Å². The number of amides is 1. The van der Waals surface area contributed by atoms with Gasteiger partial charge in [0.2, 0.25) is 11.0 Å². The number of nitrogens with one attached hydrogen (secondary N) is 1. The monoisotopic (exact) mass is 198 g/mol. The van der Waals surface area contributed by atoms with Gasteiger partial charge in [0.15, 0.2) is 0 Å². The number of anilines is 1. The summed E-state index contributed by atoms with van der Waals surface area (Å²) >= 11 is 1.25. The van der Waals surface area contributed by atoms with Gasteiger partial charge in [0, 0.05) is 0 Å². The summed E-state index contributed by atoms with van der Waals surface area (Å²) in [5, 5.41) is 10.2. The number of carbonyl (C=O) groups is 1. The fourth-order valence-corrected chi connectivity index (χ4v) is 1.16. The number of nitrogens with two attached hydrogens (primary N) is 1. The Morgan fingerprint density at radius 1 is 1.92 bits per heavy atom. The van der Waals surface area contributed by atoms with Crippen molar-refractivity contribution in [3.63, 3.8) is 0 Å². The van der Waals surface area contributed by atoms with Gasteiger partial charge in [-0.3, -0.25) is 10.1 Å². The summed E-state index contributed by atoms with van der Waals surface area (Å²) in [4.78, 5) is 11.3. The summed E-state index contributed by atoms with van der Waals surface area (Å²) in [5.74, 6) is -0.267. The molecule has 1 heterocycles. The SMILES string of the molecule is C=CCC(N)C(=O)Nc1nncs1. The first-order chi connectivity index (χ1) is 6.24. The highest BCUT2D eigenvalue weighted by Crippen LogP contribution is 2.08. The molecule has 0 spiro atoms. The van der Waals surface area contributed by atoms with Crippen molar-refractivity contribution < 1.29 is 4.79 Å². The molecule has 6 heteroatoms. The van der Waals surface area contributed by atoms with Gasteiger partial charge in [0.1, 0.15) is 5.51 Å². The van der Waals surface area contributed by atoms with Crippen molar-refractivity contribution in [3.8, 4) is 0 Å². The molecule has 5 nitrogen and oxygen atoms in total. The molecule has 0 aliphatic heterocycles. The lowest BCUT2D eigenvalue weighted by Gasteiger charge is -2.06. The van der Waals surface area contributed by atoms with Crippen LogP contribution in [0.15, 0.2) is 18.2 Å². The highest BCUT2D eigenvalue weighted by atomic mass is 32.1. The van der Waals surface area contributed by atoms with E-state index in [0.29, 0.717) is 11.6 Å². The van der Waals surface area contributed by atoms with Crippen LogP contribution in [0, 0.1) is 0 Å². The quantitative estimate of drug-likeness (QED) is 0.685. The van der Waals surface area contributed by atoms with Gasteiger partial charge in [-0.15, -0.1) is 16.8 Å². The lowest BCUT2D eigenvalue weighted by atomic mass is 10.2. The minimum Gasteiger partial charge on any atom is -0.320 e. The van der Waals surface area contributed by atoms with Crippen molar-refractivity contribution in [1.82, 2.24) is 10.2 Å². The Morgan fingerprint density at radius 3 is 3.23 bits per heavy atom. The maximum atomic E-state index is 11.3. The molecule has 70 valence electrons. The van der Waals surface area contributed by atoms with Crippen molar-refractivity contribution >= 4 is 22.4 Å². The fraction of sp³-hybridized carbons (Fsp3) is 0.286. The summed E-state index contributed by atoms with van der Waals surface area (Å²) in [6, 6.07) is -0.568. The van der Waals surface area contributed by atoms with Crippen molar-refractivity contribution in [1.29, 1.82) is 0 Å². The van der Waals surface area contributed by atoms with E-state index < -0.39 is 6.04 Å². The van der Waals surface area contributed by atoms with Crippen molar-refractivity contribution in [2.24, 2.45) is 5.73 Å². The molecule has 3 N–H and O–H groups in total. The van der Waals surface area contributed by atoms with Gasteiger partial charge >= 0.3 is 0 Å². The molecule has 0 aromatic carbocycles. The van der Waals surface area contributed by atoms with E-state index in [2.05, 4.69) is 22.1 Å².